The van der Waals surface area contributed by atoms with Gasteiger partial charge in [-0.15, -0.1) is 0 Å². The zero-order valence-electron chi connectivity index (χ0n) is 17.5. The second kappa shape index (κ2) is 9.21. The first kappa shape index (κ1) is 21.0. The van der Waals surface area contributed by atoms with Gasteiger partial charge in [-0.3, -0.25) is 19.3 Å². The maximum atomic E-state index is 13.2. The van der Waals surface area contributed by atoms with Crippen molar-refractivity contribution in [3.63, 3.8) is 0 Å². The Morgan fingerprint density at radius 1 is 1.11 bits per heavy atom. The Labute approximate surface area is 168 Å². The summed E-state index contributed by atoms with van der Waals surface area (Å²) >= 11 is 0. The van der Waals surface area contributed by atoms with E-state index in [0.717, 1.165) is 38.9 Å². The largest absolute Gasteiger partial charge is 0.351 e. The Morgan fingerprint density at radius 3 is 2.18 bits per heavy atom. The summed E-state index contributed by atoms with van der Waals surface area (Å²) in [6, 6.07) is -0.550. The molecule has 3 amide bonds. The molecule has 6 heteroatoms. The van der Waals surface area contributed by atoms with E-state index in [1.807, 2.05) is 26.0 Å². The molecule has 0 radical (unpaired) electrons. The maximum Gasteiger partial charge on any atom is 0.243 e. The quantitative estimate of drug-likeness (QED) is 0.536. The Morgan fingerprint density at radius 2 is 1.68 bits per heavy atom. The van der Waals surface area contributed by atoms with E-state index >= 15 is 0 Å². The van der Waals surface area contributed by atoms with Crippen LogP contribution >= 0.6 is 0 Å². The number of nitrogens with one attached hydrogen (secondary N) is 1. The number of imide groups is 1. The number of fused-ring (bicyclic) bond motifs is 1. The van der Waals surface area contributed by atoms with Crippen LogP contribution in [0.15, 0.2) is 12.2 Å². The van der Waals surface area contributed by atoms with Crippen LogP contribution in [0.2, 0.25) is 0 Å². The number of nitrogens with zero attached hydrogens (tertiary/aromatic N) is 2. The first-order chi connectivity index (χ1) is 13.4. The van der Waals surface area contributed by atoms with E-state index < -0.39 is 6.04 Å². The molecule has 156 valence electrons. The molecule has 3 rings (SSSR count). The van der Waals surface area contributed by atoms with Crippen molar-refractivity contribution in [3.05, 3.63) is 12.2 Å². The standard InChI is InChI=1S/C22H35N3O3/c1-4-11-24-12-9-16(10-13-24)23-20(26)19(14-15(2)3)25-21(27)17-7-5-6-8-18(17)22(25)28/h5-6,15-19H,4,7-14H2,1-3H3,(H,23,26). The van der Waals surface area contributed by atoms with E-state index in [-0.39, 0.29) is 41.5 Å². The number of carbonyl (C=O) groups excluding carboxylic acids is 3. The van der Waals surface area contributed by atoms with Gasteiger partial charge in [0.25, 0.3) is 0 Å². The Hall–Kier alpha value is -1.69. The summed E-state index contributed by atoms with van der Waals surface area (Å²) in [6.07, 6.45) is 8.70. The fourth-order valence-electron chi connectivity index (χ4n) is 4.82. The van der Waals surface area contributed by atoms with Gasteiger partial charge in [0.15, 0.2) is 0 Å². The molecular weight excluding hydrogens is 354 g/mol. The topological polar surface area (TPSA) is 69.7 Å². The van der Waals surface area contributed by atoms with Gasteiger partial charge in [-0.05, 0) is 51.0 Å². The molecule has 0 saturated carbocycles. The average Bonchev–Trinajstić information content (AvgIpc) is 2.92. The molecule has 0 bridgehead atoms. The van der Waals surface area contributed by atoms with E-state index in [9.17, 15) is 14.4 Å². The van der Waals surface area contributed by atoms with Gasteiger partial charge in [-0.25, -0.2) is 0 Å². The van der Waals surface area contributed by atoms with Crippen molar-refractivity contribution in [3.8, 4) is 0 Å². The van der Waals surface area contributed by atoms with Crippen molar-refractivity contribution in [2.75, 3.05) is 19.6 Å². The molecule has 3 aliphatic rings. The summed E-state index contributed by atoms with van der Waals surface area (Å²) in [7, 11) is 0. The third kappa shape index (κ3) is 4.48. The lowest BCUT2D eigenvalue weighted by Gasteiger charge is -2.34. The van der Waals surface area contributed by atoms with Gasteiger partial charge in [0.05, 0.1) is 11.8 Å². The first-order valence-electron chi connectivity index (χ1n) is 11.0. The molecule has 0 spiro atoms. The summed E-state index contributed by atoms with van der Waals surface area (Å²) < 4.78 is 0. The fraction of sp³-hybridized carbons (Fsp3) is 0.773. The van der Waals surface area contributed by atoms with Gasteiger partial charge >= 0.3 is 0 Å². The Kier molecular flexibility index (Phi) is 6.91. The maximum absolute atomic E-state index is 13.2. The lowest BCUT2D eigenvalue weighted by Crippen LogP contribution is -2.54. The highest BCUT2D eigenvalue weighted by Crippen LogP contribution is 2.37. The molecule has 0 aromatic carbocycles. The highest BCUT2D eigenvalue weighted by atomic mass is 16.2. The summed E-state index contributed by atoms with van der Waals surface area (Å²) in [5.74, 6) is -0.801. The molecule has 1 aliphatic carbocycles. The molecule has 2 saturated heterocycles. The van der Waals surface area contributed by atoms with Crippen LogP contribution in [0.3, 0.4) is 0 Å². The van der Waals surface area contributed by atoms with Crippen LogP contribution in [0.1, 0.15) is 59.3 Å². The molecule has 6 nitrogen and oxygen atoms in total. The van der Waals surface area contributed by atoms with Gasteiger partial charge in [0, 0.05) is 19.1 Å². The molecular formula is C22H35N3O3. The van der Waals surface area contributed by atoms with Crippen molar-refractivity contribution >= 4 is 17.7 Å². The third-order valence-electron chi connectivity index (χ3n) is 6.32. The lowest BCUT2D eigenvalue weighted by atomic mass is 9.85. The summed E-state index contributed by atoms with van der Waals surface area (Å²) in [4.78, 5) is 42.8. The van der Waals surface area contributed by atoms with E-state index in [0.29, 0.717) is 19.3 Å². The van der Waals surface area contributed by atoms with Crippen LogP contribution in [0.25, 0.3) is 0 Å². The minimum Gasteiger partial charge on any atom is -0.351 e. The van der Waals surface area contributed by atoms with Gasteiger partial charge in [0.1, 0.15) is 6.04 Å². The number of carbonyl (C=O) groups is 3. The Balaban J connectivity index is 1.67. The van der Waals surface area contributed by atoms with Crippen molar-refractivity contribution in [2.24, 2.45) is 17.8 Å². The van der Waals surface area contributed by atoms with Crippen LogP contribution in [-0.4, -0.2) is 59.2 Å². The third-order valence-corrected chi connectivity index (χ3v) is 6.32. The monoisotopic (exact) mass is 389 g/mol. The minimum atomic E-state index is -0.681. The average molecular weight is 390 g/mol. The van der Waals surface area contributed by atoms with E-state index in [1.54, 1.807) is 0 Å². The number of hydrogen-bond donors (Lipinski definition) is 1. The highest BCUT2D eigenvalue weighted by Gasteiger charge is 2.51. The molecule has 3 atom stereocenters. The molecule has 28 heavy (non-hydrogen) atoms. The second-order valence-corrected chi connectivity index (χ2v) is 8.97. The predicted octanol–water partition coefficient (Wildman–Crippen LogP) is 2.34. The SMILES string of the molecule is CCCN1CCC(NC(=O)C(CC(C)C)N2C(=O)C3CC=CCC3C2=O)CC1. The molecule has 1 N–H and O–H groups in total. The van der Waals surface area contributed by atoms with Gasteiger partial charge in [-0.2, -0.15) is 0 Å². The zero-order valence-corrected chi connectivity index (χ0v) is 17.5. The number of allylic oxidation sites excluding steroid dienone is 2. The van der Waals surface area contributed by atoms with Gasteiger partial charge in [-0.1, -0.05) is 32.9 Å². The van der Waals surface area contributed by atoms with E-state index in [2.05, 4.69) is 17.1 Å². The van der Waals surface area contributed by atoms with Crippen LogP contribution in [0, 0.1) is 17.8 Å². The molecule has 3 unspecified atom stereocenters. The molecule has 2 fully saturated rings. The lowest BCUT2D eigenvalue weighted by molar-refractivity contribution is -0.148. The number of rotatable bonds is 7. The minimum absolute atomic E-state index is 0.131. The predicted molar refractivity (Wildman–Crippen MR) is 108 cm³/mol. The van der Waals surface area contributed by atoms with Crippen molar-refractivity contribution in [1.29, 1.82) is 0 Å². The summed E-state index contributed by atoms with van der Waals surface area (Å²) in [6.45, 7) is 9.33. The normalized spacial score (nSPS) is 27.4. The summed E-state index contributed by atoms with van der Waals surface area (Å²) in [5, 5.41) is 3.16. The molecule has 0 aromatic rings. The molecule has 2 aliphatic heterocycles. The van der Waals surface area contributed by atoms with Crippen LogP contribution in [-0.2, 0) is 14.4 Å². The molecule has 2 heterocycles. The molecule has 0 aromatic heterocycles. The van der Waals surface area contributed by atoms with Gasteiger partial charge < -0.3 is 10.2 Å². The smallest absolute Gasteiger partial charge is 0.243 e. The van der Waals surface area contributed by atoms with Crippen molar-refractivity contribution in [1.82, 2.24) is 15.1 Å². The zero-order chi connectivity index (χ0) is 20.3. The van der Waals surface area contributed by atoms with Crippen molar-refractivity contribution in [2.45, 2.75) is 71.4 Å². The summed E-state index contributed by atoms with van der Waals surface area (Å²) in [5.41, 5.74) is 0. The second-order valence-electron chi connectivity index (χ2n) is 8.97. The van der Waals surface area contributed by atoms with Crippen LogP contribution in [0.4, 0.5) is 0 Å². The highest BCUT2D eigenvalue weighted by molar-refractivity contribution is 6.08. The Bertz CT molecular complexity index is 597. The van der Waals surface area contributed by atoms with Gasteiger partial charge in [0.2, 0.25) is 17.7 Å². The first-order valence-corrected chi connectivity index (χ1v) is 11.0. The number of likely N-dealkylation sites (tertiary alicyclic amines) is 2. The van der Waals surface area contributed by atoms with E-state index in [4.69, 9.17) is 0 Å². The van der Waals surface area contributed by atoms with Crippen LogP contribution < -0.4 is 5.32 Å². The number of piperidine rings is 1. The van der Waals surface area contributed by atoms with Crippen molar-refractivity contribution < 1.29 is 14.4 Å². The fourth-order valence-corrected chi connectivity index (χ4v) is 4.82. The number of amides is 3. The van der Waals surface area contributed by atoms with E-state index in [1.165, 1.54) is 4.90 Å². The number of hydrogen-bond acceptors (Lipinski definition) is 4. The van der Waals surface area contributed by atoms with Crippen LogP contribution in [0.5, 0.6) is 0 Å².